The summed E-state index contributed by atoms with van der Waals surface area (Å²) in [6.45, 7) is 9.08. The summed E-state index contributed by atoms with van der Waals surface area (Å²) in [6.07, 6.45) is 0. The minimum absolute atomic E-state index is 0.527. The van der Waals surface area contributed by atoms with Gasteiger partial charge in [-0.15, -0.1) is 11.8 Å². The summed E-state index contributed by atoms with van der Waals surface area (Å²) in [6, 6.07) is 22.2. The van der Waals surface area contributed by atoms with Crippen LogP contribution in [0, 0.1) is 0 Å². The second-order valence-electron chi connectivity index (χ2n) is 8.32. The minimum Gasteiger partial charge on any atom is -0.493 e. The highest BCUT2D eigenvalue weighted by Gasteiger charge is 2.52. The van der Waals surface area contributed by atoms with E-state index in [0.29, 0.717) is 16.7 Å². The molecule has 0 fully saturated rings. The molecule has 0 amide bonds. The Labute approximate surface area is 210 Å². The molecule has 0 aliphatic carbocycles. The maximum atomic E-state index is 6.21. The number of rotatable bonds is 7. The maximum absolute atomic E-state index is 6.21. The number of hydrogen-bond acceptors (Lipinski definition) is 4. The summed E-state index contributed by atoms with van der Waals surface area (Å²) in [4.78, 5) is 6.49. The molecule has 0 bridgehead atoms. The molecule has 0 unspecified atom stereocenters. The molecule has 1 heterocycles. The van der Waals surface area contributed by atoms with Crippen LogP contribution in [0.4, 0.5) is 0 Å². The molecule has 6 heteroatoms. The Hall–Kier alpha value is -2.14. The van der Waals surface area contributed by atoms with Gasteiger partial charge in [-0.3, -0.25) is 4.99 Å². The zero-order chi connectivity index (χ0) is 23.6. The number of halogens is 2. The van der Waals surface area contributed by atoms with Crippen molar-refractivity contribution < 1.29 is 4.74 Å². The van der Waals surface area contributed by atoms with Crippen molar-refractivity contribution in [3.63, 3.8) is 0 Å². The third-order valence-electron chi connectivity index (χ3n) is 6.32. The molecule has 0 saturated heterocycles. The normalized spacial score (nSPS) is 22.1. The van der Waals surface area contributed by atoms with Crippen molar-refractivity contribution in [1.29, 1.82) is 0 Å². The molecular formula is C27H28Cl2N2OS. The Balaban J connectivity index is 1.87. The van der Waals surface area contributed by atoms with Crippen LogP contribution in [0.15, 0.2) is 76.6 Å². The molecule has 4 rings (SSSR count). The fourth-order valence-electron chi connectivity index (χ4n) is 4.34. The molecule has 33 heavy (non-hydrogen) atoms. The fraction of sp³-hybridized carbons (Fsp3) is 0.296. The summed E-state index contributed by atoms with van der Waals surface area (Å²) >= 11 is 14.2. The highest BCUT2D eigenvalue weighted by molar-refractivity contribution is 7.99. The topological polar surface area (TPSA) is 33.6 Å². The first-order valence-corrected chi connectivity index (χ1v) is 12.8. The lowest BCUT2D eigenvalue weighted by Gasteiger charge is -2.40. The zero-order valence-electron chi connectivity index (χ0n) is 19.3. The van der Waals surface area contributed by atoms with Crippen molar-refractivity contribution in [3.05, 3.63) is 93.5 Å². The standard InChI is InChI=1S/C27H28Cl2N2OS/c1-5-32-24-17-22(33-6-2)15-16-23(24)25-30-26(3,18-7-11-20(28)12-8-18)27(4,31-25)19-9-13-21(29)14-10-19/h7-17H,5-6H2,1-4H3,(H,30,31)/t26-,27+. The highest BCUT2D eigenvalue weighted by Crippen LogP contribution is 2.48. The molecule has 3 aromatic rings. The quantitative estimate of drug-likeness (QED) is 0.339. The van der Waals surface area contributed by atoms with E-state index < -0.39 is 11.1 Å². The first-order valence-electron chi connectivity index (χ1n) is 11.1. The monoisotopic (exact) mass is 498 g/mol. The molecular weight excluding hydrogens is 471 g/mol. The summed E-state index contributed by atoms with van der Waals surface area (Å²) in [7, 11) is 0. The number of hydrogen-bond donors (Lipinski definition) is 1. The summed E-state index contributed by atoms with van der Waals surface area (Å²) < 4.78 is 6.05. The number of nitrogens with one attached hydrogen (secondary N) is 1. The molecule has 0 spiro atoms. The smallest absolute Gasteiger partial charge is 0.133 e. The number of aliphatic imine (C=N–C) groups is 1. The van der Waals surface area contributed by atoms with Gasteiger partial charge in [0.15, 0.2) is 0 Å². The van der Waals surface area contributed by atoms with Crippen molar-refractivity contribution in [3.8, 4) is 5.75 Å². The van der Waals surface area contributed by atoms with Gasteiger partial charge in [-0.1, -0.05) is 54.4 Å². The lowest BCUT2D eigenvalue weighted by Crippen LogP contribution is -2.50. The Bertz CT molecular complexity index is 1160. The Morgan fingerprint density at radius 3 is 2.06 bits per heavy atom. The second kappa shape index (κ2) is 9.61. The maximum Gasteiger partial charge on any atom is 0.133 e. The third-order valence-corrected chi connectivity index (χ3v) is 7.70. The Morgan fingerprint density at radius 1 is 0.879 bits per heavy atom. The van der Waals surface area contributed by atoms with Crippen LogP contribution >= 0.6 is 35.0 Å². The van der Waals surface area contributed by atoms with Gasteiger partial charge in [0.1, 0.15) is 17.1 Å². The lowest BCUT2D eigenvalue weighted by atomic mass is 9.72. The van der Waals surface area contributed by atoms with E-state index in [1.807, 2.05) is 31.2 Å². The highest BCUT2D eigenvalue weighted by atomic mass is 35.5. The summed E-state index contributed by atoms with van der Waals surface area (Å²) in [5.74, 6) is 2.65. The average Bonchev–Trinajstić information content (AvgIpc) is 3.07. The number of amidine groups is 1. The number of nitrogens with zero attached hydrogens (tertiary/aromatic N) is 1. The van der Waals surface area contributed by atoms with Gasteiger partial charge in [-0.25, -0.2) is 0 Å². The van der Waals surface area contributed by atoms with E-state index in [1.165, 1.54) is 4.90 Å². The van der Waals surface area contributed by atoms with Crippen LogP contribution in [0.25, 0.3) is 0 Å². The van der Waals surface area contributed by atoms with Gasteiger partial charge in [0.25, 0.3) is 0 Å². The summed E-state index contributed by atoms with van der Waals surface area (Å²) in [5, 5.41) is 5.17. The van der Waals surface area contributed by atoms with E-state index in [1.54, 1.807) is 11.8 Å². The molecule has 1 aliphatic heterocycles. The lowest BCUT2D eigenvalue weighted by molar-refractivity contribution is 0.268. The van der Waals surface area contributed by atoms with Crippen molar-refractivity contribution >= 4 is 40.8 Å². The third kappa shape index (κ3) is 4.49. The van der Waals surface area contributed by atoms with Crippen molar-refractivity contribution in [2.45, 2.75) is 43.7 Å². The van der Waals surface area contributed by atoms with Crippen LogP contribution in [0.5, 0.6) is 5.75 Å². The number of benzene rings is 3. The van der Waals surface area contributed by atoms with Crippen LogP contribution in [0.2, 0.25) is 10.0 Å². The van der Waals surface area contributed by atoms with Gasteiger partial charge in [0.05, 0.1) is 17.7 Å². The fourth-order valence-corrected chi connectivity index (χ4v) is 5.28. The molecule has 2 atom stereocenters. The van der Waals surface area contributed by atoms with E-state index in [4.69, 9.17) is 32.9 Å². The van der Waals surface area contributed by atoms with Gasteiger partial charge < -0.3 is 10.1 Å². The molecule has 1 aliphatic rings. The first kappa shape index (κ1) is 24.0. The van der Waals surface area contributed by atoms with Crippen LogP contribution in [-0.4, -0.2) is 18.2 Å². The number of ether oxygens (including phenoxy) is 1. The molecule has 0 aromatic heterocycles. The van der Waals surface area contributed by atoms with Gasteiger partial charge in [0.2, 0.25) is 0 Å². The molecule has 172 valence electrons. The van der Waals surface area contributed by atoms with Gasteiger partial charge in [-0.2, -0.15) is 0 Å². The van der Waals surface area contributed by atoms with Gasteiger partial charge >= 0.3 is 0 Å². The summed E-state index contributed by atoms with van der Waals surface area (Å²) in [5.41, 5.74) is 2.00. The van der Waals surface area contributed by atoms with Crippen LogP contribution in [-0.2, 0) is 11.1 Å². The second-order valence-corrected chi connectivity index (χ2v) is 10.5. The largest absolute Gasteiger partial charge is 0.493 e. The molecule has 3 aromatic carbocycles. The Kier molecular flexibility index (Phi) is 6.99. The van der Waals surface area contributed by atoms with Crippen molar-refractivity contribution in [2.75, 3.05) is 12.4 Å². The van der Waals surface area contributed by atoms with E-state index in [9.17, 15) is 0 Å². The minimum atomic E-state index is -0.596. The van der Waals surface area contributed by atoms with Gasteiger partial charge in [0, 0.05) is 14.9 Å². The van der Waals surface area contributed by atoms with Gasteiger partial charge in [-0.05, 0) is 80.1 Å². The van der Waals surface area contributed by atoms with Crippen LogP contribution in [0.1, 0.15) is 44.4 Å². The molecule has 1 N–H and O–H groups in total. The molecule has 0 radical (unpaired) electrons. The van der Waals surface area contributed by atoms with E-state index in [-0.39, 0.29) is 0 Å². The zero-order valence-corrected chi connectivity index (χ0v) is 21.6. The SMILES string of the molecule is CCOc1cc(SCC)ccc1C1=N[C@@](C)(c2ccc(Cl)cc2)[C@@](C)(c2ccc(Cl)cc2)N1. The van der Waals surface area contributed by atoms with Crippen LogP contribution < -0.4 is 10.1 Å². The predicted molar refractivity (Wildman–Crippen MR) is 141 cm³/mol. The van der Waals surface area contributed by atoms with E-state index in [0.717, 1.165) is 34.0 Å². The molecule has 3 nitrogen and oxygen atoms in total. The predicted octanol–water partition coefficient (Wildman–Crippen LogP) is 7.68. The van der Waals surface area contributed by atoms with Crippen molar-refractivity contribution in [1.82, 2.24) is 5.32 Å². The van der Waals surface area contributed by atoms with E-state index >= 15 is 0 Å². The number of thioether (sulfide) groups is 1. The van der Waals surface area contributed by atoms with E-state index in [2.05, 4.69) is 68.6 Å². The van der Waals surface area contributed by atoms with Crippen LogP contribution in [0.3, 0.4) is 0 Å². The first-order chi connectivity index (χ1) is 15.8. The molecule has 0 saturated carbocycles. The average molecular weight is 500 g/mol. The van der Waals surface area contributed by atoms with Crippen molar-refractivity contribution in [2.24, 2.45) is 4.99 Å². The Morgan fingerprint density at radius 2 is 1.48 bits per heavy atom.